The maximum Gasteiger partial charge on any atom is 0.339 e. The zero-order valence-electron chi connectivity index (χ0n) is 10.3. The maximum absolute atomic E-state index is 11.5. The molecular formula is C12H16N2O4. The number of carboxylic acids is 1. The number of nitrogens with zero attached hydrogens (tertiary/aromatic N) is 1. The van der Waals surface area contributed by atoms with E-state index in [9.17, 15) is 9.59 Å². The Morgan fingerprint density at radius 3 is 2.67 bits per heavy atom. The Kier molecular flexibility index (Phi) is 4.53. The SMILES string of the molecule is CCN(C)C(=O)COc1ccc(N)cc1C(=O)O. The van der Waals surface area contributed by atoms with Gasteiger partial charge in [0.25, 0.3) is 5.91 Å². The van der Waals surface area contributed by atoms with Crippen molar-refractivity contribution in [2.45, 2.75) is 6.92 Å². The lowest BCUT2D eigenvalue weighted by atomic mass is 10.2. The Labute approximate surface area is 105 Å². The quantitative estimate of drug-likeness (QED) is 0.757. The Morgan fingerprint density at radius 2 is 2.11 bits per heavy atom. The van der Waals surface area contributed by atoms with E-state index in [1.807, 2.05) is 6.92 Å². The van der Waals surface area contributed by atoms with Crippen LogP contribution in [0.4, 0.5) is 5.69 Å². The highest BCUT2D eigenvalue weighted by atomic mass is 16.5. The molecule has 0 fully saturated rings. The number of anilines is 1. The van der Waals surface area contributed by atoms with Crippen molar-refractivity contribution < 1.29 is 19.4 Å². The Morgan fingerprint density at radius 1 is 1.44 bits per heavy atom. The Bertz CT molecular complexity index is 459. The van der Waals surface area contributed by atoms with Crippen LogP contribution in [0, 0.1) is 0 Å². The van der Waals surface area contributed by atoms with Crippen molar-refractivity contribution in [2.24, 2.45) is 0 Å². The summed E-state index contributed by atoms with van der Waals surface area (Å²) in [6.45, 7) is 2.20. The number of carboxylic acid groups (broad SMARTS) is 1. The zero-order valence-corrected chi connectivity index (χ0v) is 10.3. The number of rotatable bonds is 5. The van der Waals surface area contributed by atoms with Gasteiger partial charge < -0.3 is 20.5 Å². The van der Waals surface area contributed by atoms with E-state index >= 15 is 0 Å². The fourth-order valence-electron chi connectivity index (χ4n) is 1.27. The van der Waals surface area contributed by atoms with Crippen molar-refractivity contribution in [3.63, 3.8) is 0 Å². The monoisotopic (exact) mass is 252 g/mol. The third-order valence-corrected chi connectivity index (χ3v) is 2.49. The van der Waals surface area contributed by atoms with Crippen molar-refractivity contribution in [3.8, 4) is 5.75 Å². The van der Waals surface area contributed by atoms with Gasteiger partial charge in [0.15, 0.2) is 6.61 Å². The summed E-state index contributed by atoms with van der Waals surface area (Å²) in [6.07, 6.45) is 0. The molecule has 18 heavy (non-hydrogen) atoms. The fraction of sp³-hybridized carbons (Fsp3) is 0.333. The van der Waals surface area contributed by atoms with Gasteiger partial charge in [-0.25, -0.2) is 4.79 Å². The van der Waals surface area contributed by atoms with E-state index in [1.54, 1.807) is 7.05 Å². The second kappa shape index (κ2) is 5.90. The molecule has 3 N–H and O–H groups in total. The Hall–Kier alpha value is -2.24. The number of aromatic carboxylic acids is 1. The molecule has 6 heteroatoms. The highest BCUT2D eigenvalue weighted by molar-refractivity contribution is 5.92. The number of carbonyl (C=O) groups is 2. The molecular weight excluding hydrogens is 236 g/mol. The second-order valence-corrected chi connectivity index (χ2v) is 3.76. The summed E-state index contributed by atoms with van der Waals surface area (Å²) >= 11 is 0. The lowest BCUT2D eigenvalue weighted by Crippen LogP contribution is -2.31. The summed E-state index contributed by atoms with van der Waals surface area (Å²) in [5.41, 5.74) is 5.77. The molecule has 0 aliphatic heterocycles. The van der Waals surface area contributed by atoms with Crippen LogP contribution in [-0.4, -0.2) is 42.1 Å². The molecule has 0 saturated carbocycles. The van der Waals surface area contributed by atoms with Crippen LogP contribution in [0.1, 0.15) is 17.3 Å². The van der Waals surface area contributed by atoms with Crippen LogP contribution in [0.2, 0.25) is 0 Å². The van der Waals surface area contributed by atoms with Crippen LogP contribution in [0.3, 0.4) is 0 Å². The average Bonchev–Trinajstić information content (AvgIpc) is 2.35. The molecule has 0 aliphatic carbocycles. The lowest BCUT2D eigenvalue weighted by molar-refractivity contribution is -0.131. The van der Waals surface area contributed by atoms with Gasteiger partial charge in [-0.15, -0.1) is 0 Å². The molecule has 1 aromatic carbocycles. The van der Waals surface area contributed by atoms with E-state index in [2.05, 4.69) is 0 Å². The van der Waals surface area contributed by atoms with Crippen LogP contribution in [0.5, 0.6) is 5.75 Å². The number of likely N-dealkylation sites (N-methyl/N-ethyl adjacent to an activating group) is 1. The van der Waals surface area contributed by atoms with Gasteiger partial charge in [0, 0.05) is 19.3 Å². The molecule has 6 nitrogen and oxygen atoms in total. The van der Waals surface area contributed by atoms with E-state index in [4.69, 9.17) is 15.6 Å². The summed E-state index contributed by atoms with van der Waals surface area (Å²) in [7, 11) is 1.65. The number of carbonyl (C=O) groups excluding carboxylic acids is 1. The third-order valence-electron chi connectivity index (χ3n) is 2.49. The number of benzene rings is 1. The lowest BCUT2D eigenvalue weighted by Gasteiger charge is -2.15. The number of nitrogens with two attached hydrogens (primary N) is 1. The predicted molar refractivity (Wildman–Crippen MR) is 66.6 cm³/mol. The van der Waals surface area contributed by atoms with Gasteiger partial charge in [0.1, 0.15) is 11.3 Å². The predicted octanol–water partition coefficient (Wildman–Crippen LogP) is 0.824. The molecule has 98 valence electrons. The van der Waals surface area contributed by atoms with Crippen molar-refractivity contribution in [1.29, 1.82) is 0 Å². The standard InChI is InChI=1S/C12H16N2O4/c1-3-14(2)11(15)7-18-10-5-4-8(13)6-9(10)12(16)17/h4-6H,3,7,13H2,1-2H3,(H,16,17). The largest absolute Gasteiger partial charge is 0.483 e. The first-order valence-corrected chi connectivity index (χ1v) is 5.45. The maximum atomic E-state index is 11.5. The van der Waals surface area contributed by atoms with Crippen molar-refractivity contribution >= 4 is 17.6 Å². The van der Waals surface area contributed by atoms with Crippen LogP contribution in [0.25, 0.3) is 0 Å². The first-order chi connectivity index (χ1) is 8.45. The summed E-state index contributed by atoms with van der Waals surface area (Å²) in [5, 5.41) is 8.98. The number of hydrogen-bond donors (Lipinski definition) is 2. The minimum absolute atomic E-state index is 0.0537. The van der Waals surface area contributed by atoms with E-state index in [0.717, 1.165) is 0 Å². The van der Waals surface area contributed by atoms with Crippen LogP contribution in [0.15, 0.2) is 18.2 Å². The molecule has 0 heterocycles. The molecule has 0 saturated heterocycles. The number of amides is 1. The van der Waals surface area contributed by atoms with E-state index in [1.165, 1.54) is 23.1 Å². The van der Waals surface area contributed by atoms with Crippen LogP contribution >= 0.6 is 0 Å². The van der Waals surface area contributed by atoms with Crippen molar-refractivity contribution in [1.82, 2.24) is 4.90 Å². The topological polar surface area (TPSA) is 92.9 Å². The first-order valence-electron chi connectivity index (χ1n) is 5.45. The Balaban J connectivity index is 2.79. The van der Waals surface area contributed by atoms with Gasteiger partial charge in [-0.05, 0) is 25.1 Å². The van der Waals surface area contributed by atoms with Gasteiger partial charge in [-0.3, -0.25) is 4.79 Å². The second-order valence-electron chi connectivity index (χ2n) is 3.76. The summed E-state index contributed by atoms with van der Waals surface area (Å²) in [6, 6.07) is 4.26. The van der Waals surface area contributed by atoms with Gasteiger partial charge in [0.05, 0.1) is 0 Å². The summed E-state index contributed by atoms with van der Waals surface area (Å²) in [4.78, 5) is 24.0. The van der Waals surface area contributed by atoms with E-state index in [0.29, 0.717) is 12.2 Å². The number of hydrogen-bond acceptors (Lipinski definition) is 4. The molecule has 1 amide bonds. The highest BCUT2D eigenvalue weighted by Gasteiger charge is 2.14. The third kappa shape index (κ3) is 3.38. The van der Waals surface area contributed by atoms with Crippen molar-refractivity contribution in [2.75, 3.05) is 25.9 Å². The van der Waals surface area contributed by atoms with Gasteiger partial charge >= 0.3 is 5.97 Å². The average molecular weight is 252 g/mol. The highest BCUT2D eigenvalue weighted by Crippen LogP contribution is 2.21. The number of ether oxygens (including phenoxy) is 1. The summed E-state index contributed by atoms with van der Waals surface area (Å²) in [5.74, 6) is -1.23. The van der Waals surface area contributed by atoms with Gasteiger partial charge in [-0.1, -0.05) is 0 Å². The summed E-state index contributed by atoms with van der Waals surface area (Å²) < 4.78 is 5.21. The minimum atomic E-state index is -1.14. The van der Waals surface area contributed by atoms with Gasteiger partial charge in [0.2, 0.25) is 0 Å². The number of nitrogen functional groups attached to an aromatic ring is 1. The molecule has 0 bridgehead atoms. The fourth-order valence-corrected chi connectivity index (χ4v) is 1.27. The molecule has 0 unspecified atom stereocenters. The normalized spacial score (nSPS) is 9.89. The molecule has 0 spiro atoms. The van der Waals surface area contributed by atoms with Crippen molar-refractivity contribution in [3.05, 3.63) is 23.8 Å². The zero-order chi connectivity index (χ0) is 13.7. The smallest absolute Gasteiger partial charge is 0.339 e. The van der Waals surface area contributed by atoms with Gasteiger partial charge in [-0.2, -0.15) is 0 Å². The first kappa shape index (κ1) is 13.8. The molecule has 0 aromatic heterocycles. The minimum Gasteiger partial charge on any atom is -0.483 e. The van der Waals surface area contributed by atoms with E-state index < -0.39 is 5.97 Å². The van der Waals surface area contributed by atoms with Crippen LogP contribution in [-0.2, 0) is 4.79 Å². The molecule has 0 radical (unpaired) electrons. The molecule has 0 aliphatic rings. The molecule has 1 rings (SSSR count). The van der Waals surface area contributed by atoms with E-state index in [-0.39, 0.29) is 23.8 Å². The molecule has 1 aromatic rings. The molecule has 0 atom stereocenters. The van der Waals surface area contributed by atoms with Crippen LogP contribution < -0.4 is 10.5 Å².